The number of phenols is 2. The molecule has 1 aliphatic carbocycles. The number of nitrogens with one attached hydrogen (secondary N) is 1. The van der Waals surface area contributed by atoms with Crippen molar-refractivity contribution in [3.05, 3.63) is 59.7 Å². The molecule has 240 valence electrons. The zero-order valence-electron chi connectivity index (χ0n) is 26.6. The number of ether oxygens (including phenoxy) is 1. The molecule has 9 heteroatoms. The summed E-state index contributed by atoms with van der Waals surface area (Å²) < 4.78 is 6.25. The summed E-state index contributed by atoms with van der Waals surface area (Å²) in [6.45, 7) is 10.8. The highest BCUT2D eigenvalue weighted by atomic mass is 16.6. The summed E-state index contributed by atoms with van der Waals surface area (Å²) in [4.78, 5) is 42.6. The van der Waals surface area contributed by atoms with Gasteiger partial charge in [-0.25, -0.2) is 4.79 Å². The second-order valence-corrected chi connectivity index (χ2v) is 13.4. The van der Waals surface area contributed by atoms with E-state index in [1.165, 1.54) is 23.1 Å². The topological polar surface area (TPSA) is 136 Å². The van der Waals surface area contributed by atoms with Gasteiger partial charge in [-0.05, 0) is 74.1 Å². The van der Waals surface area contributed by atoms with E-state index in [2.05, 4.69) is 26.1 Å². The molecule has 2 aliphatic rings. The number of benzene rings is 2. The van der Waals surface area contributed by atoms with Gasteiger partial charge >= 0.3 is 5.97 Å². The van der Waals surface area contributed by atoms with E-state index in [-0.39, 0.29) is 41.6 Å². The van der Waals surface area contributed by atoms with E-state index in [0.29, 0.717) is 30.9 Å². The number of rotatable bonds is 11. The predicted molar refractivity (Wildman–Crippen MR) is 167 cm³/mol. The van der Waals surface area contributed by atoms with Gasteiger partial charge in [0.1, 0.15) is 23.8 Å². The molecule has 2 aromatic carbocycles. The smallest absolute Gasteiger partial charge is 0.329 e. The number of aromatic hydroxyl groups is 2. The van der Waals surface area contributed by atoms with Crippen molar-refractivity contribution in [1.82, 2.24) is 10.2 Å². The fourth-order valence-electron chi connectivity index (χ4n) is 7.00. The molecule has 1 saturated carbocycles. The van der Waals surface area contributed by atoms with Gasteiger partial charge in [0, 0.05) is 18.4 Å². The number of carbonyl (C=O) groups excluding carboxylic acids is 3. The Kier molecular flexibility index (Phi) is 10.3. The van der Waals surface area contributed by atoms with E-state index in [4.69, 9.17) is 4.74 Å². The van der Waals surface area contributed by atoms with Gasteiger partial charge in [-0.15, -0.1) is 0 Å². The minimum absolute atomic E-state index is 0.103. The maximum atomic E-state index is 14.1. The molecule has 3 unspecified atom stereocenters. The van der Waals surface area contributed by atoms with Crippen LogP contribution >= 0.6 is 0 Å². The first kappa shape index (κ1) is 33.3. The molecule has 4 rings (SSSR count). The van der Waals surface area contributed by atoms with Crippen LogP contribution in [0, 0.1) is 11.3 Å². The number of aliphatic hydroxyl groups is 1. The first-order chi connectivity index (χ1) is 20.8. The van der Waals surface area contributed by atoms with E-state index in [0.717, 1.165) is 24.8 Å². The monoisotopic (exact) mass is 608 g/mol. The quantitative estimate of drug-likeness (QED) is 0.212. The van der Waals surface area contributed by atoms with Crippen molar-refractivity contribution in [1.29, 1.82) is 0 Å². The van der Waals surface area contributed by atoms with Gasteiger partial charge in [-0.1, -0.05) is 70.5 Å². The molecule has 0 aromatic heterocycles. The maximum absolute atomic E-state index is 14.1. The molecular formula is C35H48N2O7. The summed E-state index contributed by atoms with van der Waals surface area (Å²) in [5.41, 5.74) is 0.611. The van der Waals surface area contributed by atoms with Crippen molar-refractivity contribution in [2.24, 2.45) is 11.3 Å². The average Bonchev–Trinajstić information content (AvgIpc) is 3.57. The lowest BCUT2D eigenvalue weighted by Crippen LogP contribution is -2.55. The lowest BCUT2D eigenvalue weighted by Gasteiger charge is -2.42. The normalized spacial score (nSPS) is 24.8. The Morgan fingerprint density at radius 1 is 1.05 bits per heavy atom. The first-order valence-corrected chi connectivity index (χ1v) is 15.8. The molecule has 4 N–H and O–H groups in total. The number of phenolic OH excluding ortho intramolecular Hbond substituents is 2. The Balaban J connectivity index is 1.51. The number of amides is 2. The molecular weight excluding hydrogens is 560 g/mol. The van der Waals surface area contributed by atoms with Gasteiger partial charge in [-0.2, -0.15) is 0 Å². The van der Waals surface area contributed by atoms with Gasteiger partial charge in [0.15, 0.2) is 11.5 Å². The third-order valence-electron chi connectivity index (χ3n) is 10.3. The number of hydrogen-bond acceptors (Lipinski definition) is 7. The van der Waals surface area contributed by atoms with Crippen molar-refractivity contribution < 1.29 is 34.4 Å². The van der Waals surface area contributed by atoms with Crippen LogP contribution in [-0.4, -0.2) is 68.3 Å². The van der Waals surface area contributed by atoms with Crippen molar-refractivity contribution >= 4 is 17.8 Å². The maximum Gasteiger partial charge on any atom is 0.329 e. The summed E-state index contributed by atoms with van der Waals surface area (Å²) in [6.07, 6.45) is 2.53. The molecule has 2 aromatic rings. The lowest BCUT2D eigenvalue weighted by molar-refractivity contribution is -0.176. The second kappa shape index (κ2) is 13.6. The standard InChI is InChI=1S/C35H48N2O7/c1-6-25-16-17-35(5,34(25,3)4)44-33(43)27-13-10-18-37(27)32(42)26(19-22(2)24-11-8-7-9-12-24)36-31(41)30(40)21-23-14-15-28(38)29(39)20-23/h7-9,11-12,14-15,20,22,25-27,30,38-40H,6,10,13,16-19,21H2,1-5H3,(H,36,41)/t22?,25?,26-,27-,30+,35?/m0/s1. The Labute approximate surface area is 260 Å². The highest BCUT2D eigenvalue weighted by molar-refractivity contribution is 5.92. The molecule has 2 fully saturated rings. The molecule has 1 heterocycles. The summed E-state index contributed by atoms with van der Waals surface area (Å²) in [7, 11) is 0. The molecule has 2 amide bonds. The van der Waals surface area contributed by atoms with Gasteiger partial charge in [0.25, 0.3) is 0 Å². The molecule has 1 aliphatic heterocycles. The number of hydrogen-bond donors (Lipinski definition) is 4. The highest BCUT2D eigenvalue weighted by Gasteiger charge is 2.54. The lowest BCUT2D eigenvalue weighted by atomic mass is 9.72. The van der Waals surface area contributed by atoms with E-state index in [1.807, 2.05) is 44.2 Å². The van der Waals surface area contributed by atoms with Crippen LogP contribution < -0.4 is 5.32 Å². The third kappa shape index (κ3) is 7.04. The van der Waals surface area contributed by atoms with Crippen molar-refractivity contribution in [3.63, 3.8) is 0 Å². The van der Waals surface area contributed by atoms with Crippen LogP contribution in [0.3, 0.4) is 0 Å². The first-order valence-electron chi connectivity index (χ1n) is 15.8. The SMILES string of the molecule is CCC1CCC(C)(OC(=O)[C@@H]2CCCN2C(=O)[C@H](CC(C)c2ccccc2)NC(=O)[C@H](O)Cc2ccc(O)c(O)c2)C1(C)C. The zero-order valence-corrected chi connectivity index (χ0v) is 26.6. The van der Waals surface area contributed by atoms with E-state index in [9.17, 15) is 29.7 Å². The summed E-state index contributed by atoms with van der Waals surface area (Å²) in [5, 5.41) is 32.9. The van der Waals surface area contributed by atoms with Crippen LogP contribution in [0.2, 0.25) is 0 Å². The van der Waals surface area contributed by atoms with Crippen LogP contribution in [-0.2, 0) is 25.5 Å². The van der Waals surface area contributed by atoms with Crippen LogP contribution in [0.1, 0.15) is 90.2 Å². The molecule has 44 heavy (non-hydrogen) atoms. The zero-order chi connectivity index (χ0) is 32.2. The molecule has 0 bridgehead atoms. The van der Waals surface area contributed by atoms with Crippen molar-refractivity contribution in [3.8, 4) is 11.5 Å². The Hall–Kier alpha value is -3.59. The molecule has 9 nitrogen and oxygen atoms in total. The summed E-state index contributed by atoms with van der Waals surface area (Å²) >= 11 is 0. The predicted octanol–water partition coefficient (Wildman–Crippen LogP) is 4.82. The van der Waals surface area contributed by atoms with Crippen LogP contribution in [0.4, 0.5) is 0 Å². The van der Waals surface area contributed by atoms with E-state index >= 15 is 0 Å². The molecule has 0 radical (unpaired) electrons. The van der Waals surface area contributed by atoms with Crippen molar-refractivity contribution in [2.45, 2.75) is 109 Å². The molecule has 0 spiro atoms. The van der Waals surface area contributed by atoms with Crippen LogP contribution in [0.5, 0.6) is 11.5 Å². The minimum Gasteiger partial charge on any atom is -0.504 e. The fourth-order valence-corrected chi connectivity index (χ4v) is 7.00. The van der Waals surface area contributed by atoms with Crippen LogP contribution in [0.15, 0.2) is 48.5 Å². The third-order valence-corrected chi connectivity index (χ3v) is 10.3. The summed E-state index contributed by atoms with van der Waals surface area (Å²) in [5.74, 6) is -1.84. The second-order valence-electron chi connectivity index (χ2n) is 13.4. The Morgan fingerprint density at radius 2 is 1.75 bits per heavy atom. The Morgan fingerprint density at radius 3 is 2.39 bits per heavy atom. The van der Waals surface area contributed by atoms with Gasteiger partial charge in [-0.3, -0.25) is 9.59 Å². The average molecular weight is 609 g/mol. The summed E-state index contributed by atoms with van der Waals surface area (Å²) in [6, 6.07) is 12.0. The van der Waals surface area contributed by atoms with Gasteiger partial charge in [0.05, 0.1) is 0 Å². The number of carbonyl (C=O) groups is 3. The van der Waals surface area contributed by atoms with E-state index < -0.39 is 35.7 Å². The molecule has 1 saturated heterocycles. The van der Waals surface area contributed by atoms with Gasteiger partial charge < -0.3 is 30.3 Å². The Bertz CT molecular complexity index is 1330. The fraction of sp³-hybridized carbons (Fsp3) is 0.571. The molecule has 6 atom stereocenters. The largest absolute Gasteiger partial charge is 0.504 e. The number of likely N-dealkylation sites (tertiary alicyclic amines) is 1. The number of nitrogens with zero attached hydrogens (tertiary/aromatic N) is 1. The highest BCUT2D eigenvalue weighted by Crippen LogP contribution is 2.53. The number of aliphatic hydroxyl groups excluding tert-OH is 1. The minimum atomic E-state index is -1.50. The van der Waals surface area contributed by atoms with E-state index in [1.54, 1.807) is 0 Å². The van der Waals surface area contributed by atoms with Gasteiger partial charge in [0.2, 0.25) is 11.8 Å². The van der Waals surface area contributed by atoms with Crippen LogP contribution in [0.25, 0.3) is 0 Å². The number of esters is 1. The van der Waals surface area contributed by atoms with Crippen molar-refractivity contribution in [2.75, 3.05) is 6.54 Å².